The fourth-order valence-electron chi connectivity index (χ4n) is 2.28. The lowest BCUT2D eigenvalue weighted by Gasteiger charge is -2.11. The highest BCUT2D eigenvalue weighted by Gasteiger charge is 2.20. The number of rotatable bonds is 6. The molecule has 0 saturated heterocycles. The molecule has 0 bridgehead atoms. The van der Waals surface area contributed by atoms with E-state index in [-0.39, 0.29) is 30.9 Å². The fourth-order valence-corrected chi connectivity index (χ4v) is 2.85. The largest absolute Gasteiger partial charge is 0.504 e. The summed E-state index contributed by atoms with van der Waals surface area (Å²) in [4.78, 5) is 28.1. The van der Waals surface area contributed by atoms with Gasteiger partial charge in [0.1, 0.15) is 5.69 Å². The zero-order chi connectivity index (χ0) is 18.6. The van der Waals surface area contributed by atoms with Crippen LogP contribution in [-0.2, 0) is 9.53 Å². The van der Waals surface area contributed by atoms with E-state index in [4.69, 9.17) is 16.3 Å². The minimum absolute atomic E-state index is 0.0637. The summed E-state index contributed by atoms with van der Waals surface area (Å²) in [5.41, 5.74) is 2.10. The number of hydrogen-bond donors (Lipinski definition) is 1. The Morgan fingerprint density at radius 2 is 2.00 bits per heavy atom. The third-order valence-corrected chi connectivity index (χ3v) is 4.39. The second-order valence-electron chi connectivity index (χ2n) is 5.37. The third kappa shape index (κ3) is 4.80. The molecule has 7 heteroatoms. The molecule has 0 radical (unpaired) electrons. The molecule has 0 aliphatic heterocycles. The summed E-state index contributed by atoms with van der Waals surface area (Å²) in [5.74, 6) is -1.15. The topological polar surface area (TPSA) is 76.5 Å². The van der Waals surface area contributed by atoms with Crippen LogP contribution >= 0.6 is 27.5 Å². The summed E-state index contributed by atoms with van der Waals surface area (Å²) < 4.78 is 5.15. The van der Waals surface area contributed by atoms with Gasteiger partial charge in [-0.05, 0) is 53.5 Å². The summed E-state index contributed by atoms with van der Waals surface area (Å²) in [6.07, 6.45) is -0.157. The van der Waals surface area contributed by atoms with Gasteiger partial charge in [0.25, 0.3) is 0 Å². The molecular weight excluding hydrogens is 410 g/mol. The highest BCUT2D eigenvalue weighted by Crippen LogP contribution is 2.34. The zero-order valence-corrected chi connectivity index (χ0v) is 16.1. The van der Waals surface area contributed by atoms with Crippen LogP contribution in [-0.4, -0.2) is 28.4 Å². The van der Waals surface area contributed by atoms with Gasteiger partial charge in [-0.25, -0.2) is 4.98 Å². The van der Waals surface area contributed by atoms with Gasteiger partial charge in [-0.2, -0.15) is 0 Å². The second kappa shape index (κ2) is 8.45. The molecule has 1 aromatic carbocycles. The van der Waals surface area contributed by atoms with Crippen LogP contribution in [0.1, 0.15) is 35.8 Å². The Bertz CT molecular complexity index is 823. The van der Waals surface area contributed by atoms with Gasteiger partial charge in [0.05, 0.1) is 23.2 Å². The Kier molecular flexibility index (Phi) is 6.56. The van der Waals surface area contributed by atoms with Crippen molar-refractivity contribution in [3.8, 4) is 17.0 Å². The predicted octanol–water partition coefficient (Wildman–Crippen LogP) is 4.70. The molecule has 25 heavy (non-hydrogen) atoms. The predicted molar refractivity (Wildman–Crippen MR) is 99.0 cm³/mol. The summed E-state index contributed by atoms with van der Waals surface area (Å²) in [6.45, 7) is 3.85. The average Bonchev–Trinajstić information content (AvgIpc) is 2.57. The molecule has 0 atom stereocenters. The average molecular weight is 427 g/mol. The van der Waals surface area contributed by atoms with Crippen molar-refractivity contribution < 1.29 is 19.4 Å². The first kappa shape index (κ1) is 19.4. The number of ether oxygens (including phenoxy) is 1. The van der Waals surface area contributed by atoms with E-state index in [9.17, 15) is 14.7 Å². The number of pyridine rings is 1. The number of ketones is 1. The molecule has 2 rings (SSSR count). The number of nitrogens with zero attached hydrogens (tertiary/aromatic N) is 1. The van der Waals surface area contributed by atoms with Crippen LogP contribution in [0.3, 0.4) is 0 Å². The molecule has 0 aliphatic rings. The minimum Gasteiger partial charge on any atom is -0.504 e. The van der Waals surface area contributed by atoms with Crippen molar-refractivity contribution in [1.82, 2.24) is 4.98 Å². The molecule has 2 aromatic rings. The Morgan fingerprint density at radius 1 is 1.28 bits per heavy atom. The highest BCUT2D eigenvalue weighted by atomic mass is 79.9. The van der Waals surface area contributed by atoms with Crippen LogP contribution in [0, 0.1) is 6.92 Å². The fraction of sp³-hybridized carbons (Fsp3) is 0.278. The number of carbonyl (C=O) groups excluding carboxylic acids is 2. The molecule has 0 spiro atoms. The first-order chi connectivity index (χ1) is 11.8. The van der Waals surface area contributed by atoms with Crippen LogP contribution in [0.25, 0.3) is 11.3 Å². The smallest absolute Gasteiger partial charge is 0.306 e. The van der Waals surface area contributed by atoms with Crippen molar-refractivity contribution in [1.29, 1.82) is 0 Å². The van der Waals surface area contributed by atoms with Crippen molar-refractivity contribution in [2.45, 2.75) is 26.7 Å². The summed E-state index contributed by atoms with van der Waals surface area (Å²) in [6, 6.07) is 6.98. The number of halogens is 2. The van der Waals surface area contributed by atoms with Gasteiger partial charge >= 0.3 is 5.97 Å². The van der Waals surface area contributed by atoms with Gasteiger partial charge in [0, 0.05) is 17.0 Å². The van der Waals surface area contributed by atoms with Crippen molar-refractivity contribution >= 4 is 39.3 Å². The Labute approximate surface area is 159 Å². The number of aromatic nitrogens is 1. The normalized spacial score (nSPS) is 10.6. The molecule has 5 nitrogen and oxygen atoms in total. The van der Waals surface area contributed by atoms with E-state index in [1.165, 1.54) is 0 Å². The number of benzene rings is 1. The summed E-state index contributed by atoms with van der Waals surface area (Å²) in [5, 5.41) is 10.7. The lowest BCUT2D eigenvalue weighted by Crippen LogP contribution is -2.10. The number of Topliss-reactive ketones (excluding diaryl/α,β-unsaturated/α-hetero) is 1. The summed E-state index contributed by atoms with van der Waals surface area (Å²) >= 11 is 9.29. The van der Waals surface area contributed by atoms with Crippen molar-refractivity contribution in [2.75, 3.05) is 6.61 Å². The van der Waals surface area contributed by atoms with Crippen LogP contribution in [0.2, 0.25) is 5.02 Å². The van der Waals surface area contributed by atoms with Gasteiger partial charge in [0.2, 0.25) is 0 Å². The quantitative estimate of drug-likeness (QED) is 0.535. The zero-order valence-electron chi connectivity index (χ0n) is 13.8. The molecule has 0 unspecified atom stereocenters. The monoisotopic (exact) mass is 425 g/mol. The highest BCUT2D eigenvalue weighted by molar-refractivity contribution is 9.10. The second-order valence-corrected chi connectivity index (χ2v) is 6.66. The molecule has 1 aromatic heterocycles. The molecule has 0 fully saturated rings. The van der Waals surface area contributed by atoms with Crippen molar-refractivity contribution in [3.63, 3.8) is 0 Å². The number of aryl methyl sites for hydroxylation is 1. The third-order valence-electron chi connectivity index (χ3n) is 3.55. The van der Waals surface area contributed by atoms with E-state index >= 15 is 0 Å². The Morgan fingerprint density at radius 3 is 2.68 bits per heavy atom. The van der Waals surface area contributed by atoms with Gasteiger partial charge in [-0.15, -0.1) is 0 Å². The lowest BCUT2D eigenvalue weighted by atomic mass is 10.0. The first-order valence-corrected chi connectivity index (χ1v) is 8.85. The van der Waals surface area contributed by atoms with Gasteiger partial charge in [0.15, 0.2) is 11.5 Å². The van der Waals surface area contributed by atoms with Crippen LogP contribution in [0.5, 0.6) is 5.75 Å². The molecule has 1 N–H and O–H groups in total. The minimum atomic E-state index is -0.462. The number of hydrogen-bond acceptors (Lipinski definition) is 5. The lowest BCUT2D eigenvalue weighted by molar-refractivity contribution is -0.143. The van der Waals surface area contributed by atoms with Gasteiger partial charge < -0.3 is 9.84 Å². The van der Waals surface area contributed by atoms with Crippen LogP contribution in [0.15, 0.2) is 28.7 Å². The Balaban J connectivity index is 2.36. The Hall–Kier alpha value is -1.92. The molecule has 0 saturated carbocycles. The maximum Gasteiger partial charge on any atom is 0.306 e. The van der Waals surface area contributed by atoms with Gasteiger partial charge in [-0.1, -0.05) is 17.7 Å². The van der Waals surface area contributed by atoms with Gasteiger partial charge in [-0.3, -0.25) is 9.59 Å². The first-order valence-electron chi connectivity index (χ1n) is 7.68. The number of esters is 1. The van der Waals surface area contributed by atoms with E-state index in [1.807, 2.05) is 13.0 Å². The SMILES string of the molecule is CCOC(=O)CCC(=O)c1nc(-c2cc(Cl)ccc2C)cc(Br)c1O. The van der Waals surface area contributed by atoms with E-state index in [0.29, 0.717) is 15.2 Å². The van der Waals surface area contributed by atoms with E-state index in [2.05, 4.69) is 20.9 Å². The van der Waals surface area contributed by atoms with E-state index in [1.54, 1.807) is 25.1 Å². The van der Waals surface area contributed by atoms with E-state index in [0.717, 1.165) is 11.1 Å². The summed E-state index contributed by atoms with van der Waals surface area (Å²) in [7, 11) is 0. The van der Waals surface area contributed by atoms with Crippen LogP contribution in [0.4, 0.5) is 0 Å². The number of aromatic hydroxyl groups is 1. The van der Waals surface area contributed by atoms with Crippen LogP contribution < -0.4 is 0 Å². The maximum absolute atomic E-state index is 12.4. The maximum atomic E-state index is 12.4. The molecule has 0 amide bonds. The molecular formula is C18H17BrClNO4. The van der Waals surface area contributed by atoms with E-state index < -0.39 is 11.8 Å². The molecule has 132 valence electrons. The molecule has 0 aliphatic carbocycles. The molecule has 1 heterocycles. The standard InChI is InChI=1S/C18H17BrClNO4/c1-3-25-16(23)7-6-15(22)17-18(24)13(19)9-14(21-17)12-8-11(20)5-4-10(12)2/h4-5,8-9,24H,3,6-7H2,1-2H3. The van der Waals surface area contributed by atoms with Crippen molar-refractivity contribution in [3.05, 3.63) is 45.0 Å². The number of carbonyl (C=O) groups is 2. The van der Waals surface area contributed by atoms with Crippen molar-refractivity contribution in [2.24, 2.45) is 0 Å².